The van der Waals surface area contributed by atoms with Crippen LogP contribution in [0.15, 0.2) is 45.0 Å². The minimum absolute atomic E-state index is 0.832. The molecule has 6 heteroatoms. The van der Waals surface area contributed by atoms with Gasteiger partial charge in [0.2, 0.25) is 0 Å². The first-order valence-electron chi connectivity index (χ1n) is 4.84. The Labute approximate surface area is 145 Å². The lowest BCUT2D eigenvalue weighted by Gasteiger charge is -2.01. The van der Waals surface area contributed by atoms with Gasteiger partial charge in [-0.15, -0.1) is 0 Å². The summed E-state index contributed by atoms with van der Waals surface area (Å²) in [7, 11) is 0. The lowest BCUT2D eigenvalue weighted by Crippen LogP contribution is -1.76. The Hall–Kier alpha value is 0.640. The van der Waals surface area contributed by atoms with Crippen LogP contribution < -0.4 is 0 Å². The van der Waals surface area contributed by atoms with Crippen LogP contribution in [0.3, 0.4) is 0 Å². The average Bonchev–Trinajstić information content (AvgIpc) is 2.70. The van der Waals surface area contributed by atoms with E-state index in [1.807, 2.05) is 18.2 Å². The van der Waals surface area contributed by atoms with Crippen molar-refractivity contribution in [1.82, 2.24) is 0 Å². The minimum atomic E-state index is 0.832. The van der Waals surface area contributed by atoms with E-state index in [1.165, 1.54) is 0 Å². The number of halogens is 5. The second-order valence-corrected chi connectivity index (χ2v) is 7.79. The van der Waals surface area contributed by atoms with Gasteiger partial charge in [-0.25, -0.2) is 0 Å². The normalized spacial score (nSPS) is 11.6. The summed E-state index contributed by atoms with van der Waals surface area (Å²) in [6.07, 6.45) is 0. The van der Waals surface area contributed by atoms with Crippen molar-refractivity contribution in [3.63, 3.8) is 0 Å². The van der Waals surface area contributed by atoms with Gasteiger partial charge < -0.3 is 4.42 Å². The van der Waals surface area contributed by atoms with Crippen LogP contribution in [0.1, 0.15) is 0 Å². The molecule has 0 saturated heterocycles. The number of hydrogen-bond donors (Lipinski definition) is 0. The fraction of sp³-hybridized carbons (Fsp3) is 0. The highest BCUT2D eigenvalue weighted by Crippen LogP contribution is 2.44. The van der Waals surface area contributed by atoms with E-state index in [4.69, 9.17) is 4.42 Å². The molecule has 0 atom stereocenters. The second-order valence-electron chi connectivity index (χ2n) is 3.70. The van der Waals surface area contributed by atoms with Crippen LogP contribution in [0.2, 0.25) is 0 Å². The second kappa shape index (κ2) is 4.88. The summed E-state index contributed by atoms with van der Waals surface area (Å²) >= 11 is 17.7. The molecular weight excluding hydrogens is 560 g/mol. The van der Waals surface area contributed by atoms with E-state index in [2.05, 4.69) is 79.6 Å². The maximum atomic E-state index is 5.91. The third-order valence-electron chi connectivity index (χ3n) is 2.66. The number of rotatable bonds is 0. The molecule has 0 amide bonds. The topological polar surface area (TPSA) is 13.1 Å². The quantitative estimate of drug-likeness (QED) is 0.260. The third kappa shape index (κ3) is 1.95. The summed E-state index contributed by atoms with van der Waals surface area (Å²) in [6.45, 7) is 0. The molecule has 1 heterocycles. The zero-order chi connectivity index (χ0) is 13.0. The molecule has 92 valence electrons. The van der Waals surface area contributed by atoms with Crippen molar-refractivity contribution in [3.05, 3.63) is 40.6 Å². The van der Waals surface area contributed by atoms with Gasteiger partial charge >= 0.3 is 0 Å². The van der Waals surface area contributed by atoms with E-state index in [9.17, 15) is 0 Å². The van der Waals surface area contributed by atoms with Crippen LogP contribution in [-0.2, 0) is 0 Å². The number of furan rings is 1. The maximum Gasteiger partial charge on any atom is 0.150 e. The largest absolute Gasteiger partial charge is 0.455 e. The lowest BCUT2D eigenvalue weighted by atomic mass is 10.1. The molecular formula is C12H3Br5O. The van der Waals surface area contributed by atoms with E-state index in [0.717, 1.165) is 44.3 Å². The molecule has 0 fully saturated rings. The Bertz CT molecular complexity index is 790. The van der Waals surface area contributed by atoms with Crippen molar-refractivity contribution in [3.8, 4) is 0 Å². The average molecular weight is 563 g/mol. The molecule has 18 heavy (non-hydrogen) atoms. The van der Waals surface area contributed by atoms with Crippen molar-refractivity contribution in [2.75, 3.05) is 0 Å². The Morgan fingerprint density at radius 1 is 0.778 bits per heavy atom. The minimum Gasteiger partial charge on any atom is -0.455 e. The van der Waals surface area contributed by atoms with E-state index < -0.39 is 0 Å². The van der Waals surface area contributed by atoms with Gasteiger partial charge in [-0.2, -0.15) is 0 Å². The highest BCUT2D eigenvalue weighted by atomic mass is 79.9. The van der Waals surface area contributed by atoms with E-state index >= 15 is 0 Å². The van der Waals surface area contributed by atoms with Gasteiger partial charge in [0.15, 0.2) is 5.58 Å². The molecule has 3 rings (SSSR count). The summed E-state index contributed by atoms with van der Waals surface area (Å²) in [5.41, 5.74) is 1.68. The van der Waals surface area contributed by atoms with Gasteiger partial charge in [-0.05, 0) is 97.8 Å². The molecule has 0 bridgehead atoms. The Morgan fingerprint density at radius 3 is 2.22 bits per heavy atom. The molecule has 3 aromatic rings. The molecule has 0 spiro atoms. The first-order chi connectivity index (χ1) is 8.50. The molecule has 2 aromatic carbocycles. The smallest absolute Gasteiger partial charge is 0.150 e. The molecule has 0 radical (unpaired) electrons. The van der Waals surface area contributed by atoms with Crippen molar-refractivity contribution >= 4 is 102 Å². The zero-order valence-corrected chi connectivity index (χ0v) is 16.5. The fourth-order valence-electron chi connectivity index (χ4n) is 1.84. The summed E-state index contributed by atoms with van der Waals surface area (Å²) in [5.74, 6) is 0. The zero-order valence-electron chi connectivity index (χ0n) is 8.53. The molecule has 0 unspecified atom stereocenters. The van der Waals surface area contributed by atoms with Gasteiger partial charge in [0.25, 0.3) is 0 Å². The number of fused-ring (bicyclic) bond motifs is 3. The van der Waals surface area contributed by atoms with Crippen molar-refractivity contribution in [1.29, 1.82) is 0 Å². The van der Waals surface area contributed by atoms with E-state index in [1.54, 1.807) is 0 Å². The van der Waals surface area contributed by atoms with Crippen LogP contribution in [0.4, 0.5) is 0 Å². The predicted octanol–water partition coefficient (Wildman–Crippen LogP) is 7.40. The standard InChI is InChI=1S/C12H3Br5O/c13-5-1-2-7-8(9(5)15)4-3-6(14)10(16)11(17)12(4)18-7/h1-3H. The Kier molecular flexibility index (Phi) is 3.69. The molecule has 0 N–H and O–H groups in total. The van der Waals surface area contributed by atoms with Crippen LogP contribution in [0, 0.1) is 0 Å². The van der Waals surface area contributed by atoms with Crippen molar-refractivity contribution in [2.45, 2.75) is 0 Å². The summed E-state index contributed by atoms with van der Waals surface area (Å²) in [6, 6.07) is 5.97. The third-order valence-corrected chi connectivity index (χ3v) is 7.94. The monoisotopic (exact) mass is 558 g/mol. The molecule has 0 aliphatic rings. The Balaban J connectivity index is 2.62. The molecule has 0 aliphatic carbocycles. The van der Waals surface area contributed by atoms with Gasteiger partial charge in [-0.1, -0.05) is 0 Å². The Morgan fingerprint density at radius 2 is 1.50 bits per heavy atom. The molecule has 1 aromatic heterocycles. The van der Waals surface area contributed by atoms with Crippen LogP contribution in [0.5, 0.6) is 0 Å². The predicted molar refractivity (Wildman–Crippen MR) is 92.2 cm³/mol. The van der Waals surface area contributed by atoms with E-state index in [-0.39, 0.29) is 0 Å². The summed E-state index contributed by atoms with van der Waals surface area (Å²) in [5, 5.41) is 2.12. The number of hydrogen-bond acceptors (Lipinski definition) is 1. The summed E-state index contributed by atoms with van der Waals surface area (Å²) in [4.78, 5) is 0. The van der Waals surface area contributed by atoms with Gasteiger partial charge in [0.1, 0.15) is 5.58 Å². The lowest BCUT2D eigenvalue weighted by molar-refractivity contribution is 0.666. The highest BCUT2D eigenvalue weighted by Gasteiger charge is 2.17. The van der Waals surface area contributed by atoms with E-state index in [0.29, 0.717) is 0 Å². The first kappa shape index (κ1) is 13.6. The first-order valence-corrected chi connectivity index (χ1v) is 8.81. The van der Waals surface area contributed by atoms with Gasteiger partial charge in [0.05, 0.1) is 4.47 Å². The molecule has 0 saturated carbocycles. The molecule has 1 nitrogen and oxygen atoms in total. The maximum absolute atomic E-state index is 5.91. The van der Waals surface area contributed by atoms with Crippen LogP contribution in [-0.4, -0.2) is 0 Å². The fourth-order valence-corrected chi connectivity index (χ4v) is 4.21. The van der Waals surface area contributed by atoms with Crippen molar-refractivity contribution in [2.24, 2.45) is 0 Å². The van der Waals surface area contributed by atoms with Gasteiger partial charge in [-0.3, -0.25) is 0 Å². The highest BCUT2D eigenvalue weighted by molar-refractivity contribution is 9.14. The SMILES string of the molecule is Brc1cc2c(oc3ccc(Br)c(Br)c32)c(Br)c1Br. The summed E-state index contributed by atoms with van der Waals surface area (Å²) < 4.78 is 10.8. The number of benzene rings is 2. The van der Waals surface area contributed by atoms with Crippen molar-refractivity contribution < 1.29 is 4.42 Å². The van der Waals surface area contributed by atoms with Crippen LogP contribution >= 0.6 is 79.6 Å². The molecule has 0 aliphatic heterocycles. The van der Waals surface area contributed by atoms with Crippen LogP contribution in [0.25, 0.3) is 21.9 Å². The van der Waals surface area contributed by atoms with Gasteiger partial charge in [0, 0.05) is 28.7 Å².